The Bertz CT molecular complexity index is 387. The van der Waals surface area contributed by atoms with Crippen molar-refractivity contribution in [1.29, 1.82) is 0 Å². The van der Waals surface area contributed by atoms with E-state index in [9.17, 15) is 15.0 Å². The van der Waals surface area contributed by atoms with Crippen molar-refractivity contribution >= 4 is 17.5 Å². The molecule has 2 atom stereocenters. The molecular formula is C11H15ClN2O3. The maximum absolute atomic E-state index is 10.6. The number of aliphatic hydroxyl groups is 2. The molecule has 0 aliphatic rings. The summed E-state index contributed by atoms with van der Waals surface area (Å²) < 4.78 is 0. The van der Waals surface area contributed by atoms with Crippen LogP contribution in [0, 0.1) is 0 Å². The fraction of sp³-hybridized carbons (Fsp3) is 0.455. The zero-order valence-corrected chi connectivity index (χ0v) is 10.2. The van der Waals surface area contributed by atoms with Crippen molar-refractivity contribution < 1.29 is 15.0 Å². The van der Waals surface area contributed by atoms with E-state index in [1.807, 2.05) is 0 Å². The molecule has 0 saturated carbocycles. The zero-order chi connectivity index (χ0) is 12.8. The number of carbonyl (C=O) groups excluding carboxylic acids is 1. The van der Waals surface area contributed by atoms with E-state index in [1.54, 1.807) is 18.2 Å². The Morgan fingerprint density at radius 2 is 2.24 bits per heavy atom. The van der Waals surface area contributed by atoms with Gasteiger partial charge in [-0.15, -0.1) is 0 Å². The summed E-state index contributed by atoms with van der Waals surface area (Å²) in [4.78, 5) is 14.5. The molecule has 0 fully saturated rings. The first-order valence-electron chi connectivity index (χ1n) is 5.23. The van der Waals surface area contributed by atoms with Gasteiger partial charge < -0.3 is 15.5 Å². The predicted molar refractivity (Wildman–Crippen MR) is 63.5 cm³/mol. The molecule has 1 rings (SSSR count). The first-order valence-corrected chi connectivity index (χ1v) is 5.61. The minimum atomic E-state index is -1.11. The summed E-state index contributed by atoms with van der Waals surface area (Å²) in [6, 6.07) is 4.81. The van der Waals surface area contributed by atoms with Crippen molar-refractivity contribution in [3.8, 4) is 0 Å². The number of rotatable bonds is 5. The molecule has 1 heterocycles. The first kappa shape index (κ1) is 13.9. The van der Waals surface area contributed by atoms with Crippen LogP contribution in [0.3, 0.4) is 0 Å². The Hall–Kier alpha value is -1.17. The van der Waals surface area contributed by atoms with Crippen LogP contribution in [0.25, 0.3) is 0 Å². The second kappa shape index (κ2) is 6.54. The van der Waals surface area contributed by atoms with E-state index in [-0.39, 0.29) is 17.5 Å². The van der Waals surface area contributed by atoms with Gasteiger partial charge in [0.05, 0.1) is 11.8 Å². The van der Waals surface area contributed by atoms with Crippen molar-refractivity contribution in [2.75, 3.05) is 6.54 Å². The molecule has 0 radical (unpaired) electrons. The highest BCUT2D eigenvalue weighted by atomic mass is 35.5. The number of halogens is 1. The topological polar surface area (TPSA) is 82.5 Å². The second-order valence-electron chi connectivity index (χ2n) is 3.67. The molecular weight excluding hydrogens is 244 g/mol. The number of nitrogens with zero attached hydrogens (tertiary/aromatic N) is 1. The van der Waals surface area contributed by atoms with Crippen LogP contribution >= 0.6 is 11.6 Å². The molecule has 1 aromatic rings. The van der Waals surface area contributed by atoms with Crippen molar-refractivity contribution in [2.24, 2.45) is 0 Å². The number of aromatic nitrogens is 1. The molecule has 0 bridgehead atoms. The summed E-state index contributed by atoms with van der Waals surface area (Å²) in [6.45, 7) is 1.69. The maximum Gasteiger partial charge on any atom is 0.216 e. The third-order valence-electron chi connectivity index (χ3n) is 2.22. The third kappa shape index (κ3) is 4.68. The number of hydrogen-bond acceptors (Lipinski definition) is 4. The molecule has 0 aliphatic heterocycles. The van der Waals surface area contributed by atoms with Gasteiger partial charge >= 0.3 is 0 Å². The van der Waals surface area contributed by atoms with Crippen LogP contribution in [0.15, 0.2) is 18.2 Å². The maximum atomic E-state index is 10.6. The Balaban J connectivity index is 2.51. The van der Waals surface area contributed by atoms with E-state index in [4.69, 9.17) is 11.6 Å². The van der Waals surface area contributed by atoms with E-state index in [0.717, 1.165) is 0 Å². The number of pyridine rings is 1. The minimum absolute atomic E-state index is 0.174. The Morgan fingerprint density at radius 1 is 1.53 bits per heavy atom. The summed E-state index contributed by atoms with van der Waals surface area (Å²) in [5, 5.41) is 22.3. The monoisotopic (exact) mass is 258 g/mol. The highest BCUT2D eigenvalue weighted by molar-refractivity contribution is 6.29. The van der Waals surface area contributed by atoms with Gasteiger partial charge in [0, 0.05) is 13.5 Å². The fourth-order valence-corrected chi connectivity index (χ4v) is 1.51. The average molecular weight is 259 g/mol. The lowest BCUT2D eigenvalue weighted by Crippen LogP contribution is -2.28. The predicted octanol–water partition coefficient (Wildman–Crippen LogP) is 0.655. The molecule has 1 aromatic heterocycles. The number of hydrogen-bond donors (Lipinski definition) is 3. The van der Waals surface area contributed by atoms with E-state index >= 15 is 0 Å². The molecule has 1 amide bonds. The molecule has 3 N–H and O–H groups in total. The molecule has 2 unspecified atom stereocenters. The van der Waals surface area contributed by atoms with E-state index in [1.165, 1.54) is 6.92 Å². The lowest BCUT2D eigenvalue weighted by atomic mass is 10.1. The van der Waals surface area contributed by atoms with Crippen LogP contribution < -0.4 is 5.32 Å². The number of amides is 1. The van der Waals surface area contributed by atoms with E-state index < -0.39 is 12.2 Å². The Kier molecular flexibility index (Phi) is 5.34. The van der Waals surface area contributed by atoms with Crippen molar-refractivity contribution in [1.82, 2.24) is 10.3 Å². The van der Waals surface area contributed by atoms with Crippen molar-refractivity contribution in [3.63, 3.8) is 0 Å². The van der Waals surface area contributed by atoms with Crippen LogP contribution in [0.1, 0.15) is 25.1 Å². The molecule has 17 heavy (non-hydrogen) atoms. The summed E-state index contributed by atoms with van der Waals surface area (Å²) in [5.74, 6) is -0.174. The van der Waals surface area contributed by atoms with Crippen molar-refractivity contribution in [2.45, 2.75) is 25.6 Å². The minimum Gasteiger partial charge on any atom is -0.390 e. The van der Waals surface area contributed by atoms with Crippen LogP contribution in [0.2, 0.25) is 5.15 Å². The smallest absolute Gasteiger partial charge is 0.216 e. The lowest BCUT2D eigenvalue weighted by molar-refractivity contribution is -0.119. The van der Waals surface area contributed by atoms with Gasteiger partial charge in [0.1, 0.15) is 11.3 Å². The standard InChI is InChI=1S/C11H15ClN2O3/c1-7(15)13-6-5-9(16)11(17)8-3-2-4-10(12)14-8/h2-4,9,11,16-17H,5-6H2,1H3,(H,13,15). The van der Waals surface area contributed by atoms with Crippen LogP contribution in [-0.4, -0.2) is 33.8 Å². The quantitative estimate of drug-likeness (QED) is 0.678. The Morgan fingerprint density at radius 3 is 2.82 bits per heavy atom. The molecule has 5 nitrogen and oxygen atoms in total. The van der Waals surface area contributed by atoms with Crippen LogP contribution in [0.5, 0.6) is 0 Å². The molecule has 0 aromatic carbocycles. The summed E-state index contributed by atoms with van der Waals surface area (Å²) in [7, 11) is 0. The number of aliphatic hydroxyl groups excluding tert-OH is 2. The zero-order valence-electron chi connectivity index (χ0n) is 9.43. The number of carbonyl (C=O) groups is 1. The van der Waals surface area contributed by atoms with E-state index in [0.29, 0.717) is 12.2 Å². The van der Waals surface area contributed by atoms with Gasteiger partial charge in [0.25, 0.3) is 0 Å². The van der Waals surface area contributed by atoms with E-state index in [2.05, 4.69) is 10.3 Å². The van der Waals surface area contributed by atoms with Gasteiger partial charge in [-0.3, -0.25) is 4.79 Å². The molecule has 0 aliphatic carbocycles. The van der Waals surface area contributed by atoms with Gasteiger partial charge in [-0.25, -0.2) is 4.98 Å². The third-order valence-corrected chi connectivity index (χ3v) is 2.43. The van der Waals surface area contributed by atoms with Gasteiger partial charge in [-0.1, -0.05) is 17.7 Å². The normalized spacial score (nSPS) is 14.1. The van der Waals surface area contributed by atoms with Gasteiger partial charge in [0.15, 0.2) is 0 Å². The van der Waals surface area contributed by atoms with Gasteiger partial charge in [-0.2, -0.15) is 0 Å². The fourth-order valence-electron chi connectivity index (χ4n) is 1.34. The van der Waals surface area contributed by atoms with Crippen LogP contribution in [-0.2, 0) is 4.79 Å². The number of nitrogens with one attached hydrogen (secondary N) is 1. The molecule has 6 heteroatoms. The van der Waals surface area contributed by atoms with Crippen molar-refractivity contribution in [3.05, 3.63) is 29.0 Å². The Labute approximate surface area is 104 Å². The van der Waals surface area contributed by atoms with Gasteiger partial charge in [-0.05, 0) is 18.6 Å². The summed E-state index contributed by atoms with van der Waals surface area (Å²) in [6.07, 6.45) is -1.86. The SMILES string of the molecule is CC(=O)NCCC(O)C(O)c1cccc(Cl)n1. The molecule has 0 saturated heterocycles. The highest BCUT2D eigenvalue weighted by Gasteiger charge is 2.19. The molecule has 0 spiro atoms. The summed E-state index contributed by atoms with van der Waals surface area (Å²) in [5.41, 5.74) is 0.313. The average Bonchev–Trinajstić information content (AvgIpc) is 2.27. The molecule has 94 valence electrons. The lowest BCUT2D eigenvalue weighted by Gasteiger charge is -2.17. The van der Waals surface area contributed by atoms with Crippen LogP contribution in [0.4, 0.5) is 0 Å². The summed E-state index contributed by atoms with van der Waals surface area (Å²) >= 11 is 5.68. The second-order valence-corrected chi connectivity index (χ2v) is 4.06. The highest BCUT2D eigenvalue weighted by Crippen LogP contribution is 2.18. The first-order chi connectivity index (χ1) is 8.00. The largest absolute Gasteiger partial charge is 0.390 e. The van der Waals surface area contributed by atoms with Gasteiger partial charge in [0.2, 0.25) is 5.91 Å².